The van der Waals surface area contributed by atoms with Gasteiger partial charge in [-0.3, -0.25) is 5.32 Å². The van der Waals surface area contributed by atoms with Gasteiger partial charge in [-0.25, -0.2) is 9.79 Å². The van der Waals surface area contributed by atoms with E-state index in [0.29, 0.717) is 28.9 Å². The maximum absolute atomic E-state index is 12.5. The van der Waals surface area contributed by atoms with Gasteiger partial charge in [-0.1, -0.05) is 6.92 Å². The van der Waals surface area contributed by atoms with E-state index in [-0.39, 0.29) is 10.6 Å². The van der Waals surface area contributed by atoms with E-state index in [0.717, 1.165) is 18.4 Å². The molecule has 2 aromatic carbocycles. The van der Waals surface area contributed by atoms with Crippen LogP contribution in [0.4, 0.5) is 16.2 Å². The quantitative estimate of drug-likeness (QED) is 0.520. The number of aliphatic imine (C=N–C) groups is 1. The summed E-state index contributed by atoms with van der Waals surface area (Å²) in [5, 5.41) is 2.75. The lowest BCUT2D eigenvalue weighted by Gasteiger charge is -2.17. The third-order valence-electron chi connectivity index (χ3n) is 3.63. The fourth-order valence-electron chi connectivity index (χ4n) is 2.27. The van der Waals surface area contributed by atoms with Gasteiger partial charge in [0.2, 0.25) is 0 Å². The maximum atomic E-state index is 12.5. The second-order valence-electron chi connectivity index (χ2n) is 5.77. The molecule has 0 saturated heterocycles. The summed E-state index contributed by atoms with van der Waals surface area (Å²) in [7, 11) is -2.76. The maximum Gasteiger partial charge on any atom is 0.412 e. The molecule has 29 heavy (non-hydrogen) atoms. The van der Waals surface area contributed by atoms with Gasteiger partial charge in [0, 0.05) is 18.0 Å². The van der Waals surface area contributed by atoms with E-state index >= 15 is 0 Å². The number of benzene rings is 2. The first-order valence-electron chi connectivity index (χ1n) is 8.59. The molecule has 3 rings (SSSR count). The van der Waals surface area contributed by atoms with Crippen molar-refractivity contribution in [2.24, 2.45) is 4.99 Å². The lowest BCUT2D eigenvalue weighted by atomic mass is 10.2. The zero-order valence-corrected chi connectivity index (χ0v) is 17.3. The lowest BCUT2D eigenvalue weighted by Crippen LogP contribution is -2.29. The van der Waals surface area contributed by atoms with Crippen molar-refractivity contribution in [3.8, 4) is 11.5 Å². The zero-order chi connectivity index (χ0) is 20.9. The van der Waals surface area contributed by atoms with Crippen molar-refractivity contribution in [3.05, 3.63) is 42.5 Å². The Morgan fingerprint density at radius 2 is 1.90 bits per heavy atom. The number of carbonyl (C=O) groups excluding carboxylic acids is 1. The van der Waals surface area contributed by atoms with Crippen LogP contribution in [-0.2, 0) is 14.9 Å². The number of hydrogen-bond acceptors (Lipinski definition) is 9. The van der Waals surface area contributed by atoms with Crippen LogP contribution in [0.1, 0.15) is 13.3 Å². The van der Waals surface area contributed by atoms with Crippen LogP contribution >= 0.6 is 11.9 Å². The summed E-state index contributed by atoms with van der Waals surface area (Å²) >= 11 is 1.05. The highest BCUT2D eigenvalue weighted by atomic mass is 32.2. The van der Waals surface area contributed by atoms with Crippen LogP contribution in [0.15, 0.2) is 52.4 Å². The monoisotopic (exact) mass is 437 g/mol. The summed E-state index contributed by atoms with van der Waals surface area (Å²) in [6, 6.07) is 10.6. The average Bonchev–Trinajstić information content (AvgIpc) is 2.72. The van der Waals surface area contributed by atoms with E-state index < -0.39 is 16.2 Å². The molecule has 1 heterocycles. The van der Waals surface area contributed by atoms with Crippen molar-refractivity contribution in [3.63, 3.8) is 0 Å². The Bertz CT molecular complexity index is 1020. The average molecular weight is 437 g/mol. The molecule has 0 bridgehead atoms. The number of carbonyl (C=O) groups is 1. The molecule has 2 N–H and O–H groups in total. The van der Waals surface area contributed by atoms with Crippen LogP contribution in [0.25, 0.3) is 0 Å². The zero-order valence-electron chi connectivity index (χ0n) is 15.7. The summed E-state index contributed by atoms with van der Waals surface area (Å²) < 4.78 is 43.2. The van der Waals surface area contributed by atoms with E-state index in [9.17, 15) is 13.2 Å². The van der Waals surface area contributed by atoms with Crippen LogP contribution in [0, 0.1) is 0 Å². The SMILES string of the molecule is CCCOc1ccc(S(=O)(=O)Oc2ccc3c(c2)NSC(NC(=O)OC)=N3)cc1. The van der Waals surface area contributed by atoms with Crippen molar-refractivity contribution >= 4 is 44.7 Å². The number of nitrogens with one attached hydrogen (secondary N) is 2. The van der Waals surface area contributed by atoms with E-state index in [1.54, 1.807) is 18.2 Å². The van der Waals surface area contributed by atoms with Crippen LogP contribution in [0.3, 0.4) is 0 Å². The number of rotatable bonds is 6. The second-order valence-corrected chi connectivity index (χ2v) is 8.12. The van der Waals surface area contributed by atoms with Crippen LogP contribution in [-0.4, -0.2) is 33.4 Å². The molecule has 1 aliphatic heterocycles. The van der Waals surface area contributed by atoms with Gasteiger partial charge in [0.1, 0.15) is 16.4 Å². The van der Waals surface area contributed by atoms with E-state index in [2.05, 4.69) is 19.8 Å². The number of fused-ring (bicyclic) bond motifs is 1. The number of amidine groups is 1. The lowest BCUT2D eigenvalue weighted by molar-refractivity contribution is 0.177. The number of ether oxygens (including phenoxy) is 2. The largest absolute Gasteiger partial charge is 0.494 e. The van der Waals surface area contributed by atoms with Crippen LogP contribution < -0.4 is 19.0 Å². The third kappa shape index (κ3) is 5.33. The number of nitrogens with zero attached hydrogens (tertiary/aromatic N) is 1. The molecular weight excluding hydrogens is 418 g/mol. The number of anilines is 1. The minimum atomic E-state index is -4.01. The second kappa shape index (κ2) is 9.05. The summed E-state index contributed by atoms with van der Waals surface area (Å²) in [6.45, 7) is 2.54. The summed E-state index contributed by atoms with van der Waals surface area (Å²) in [4.78, 5) is 15.5. The molecule has 0 spiro atoms. The van der Waals surface area contributed by atoms with Crippen LogP contribution in [0.5, 0.6) is 11.5 Å². The molecule has 154 valence electrons. The fraction of sp³-hybridized carbons (Fsp3) is 0.222. The first kappa shape index (κ1) is 20.8. The van der Waals surface area contributed by atoms with Gasteiger partial charge in [-0.2, -0.15) is 8.42 Å². The molecule has 0 radical (unpaired) electrons. The number of alkyl carbamates (subject to hydrolysis) is 1. The Morgan fingerprint density at radius 3 is 2.59 bits per heavy atom. The smallest absolute Gasteiger partial charge is 0.412 e. The number of amides is 1. The number of methoxy groups -OCH3 is 1. The van der Waals surface area contributed by atoms with Gasteiger partial charge in [0.05, 0.1) is 25.1 Å². The van der Waals surface area contributed by atoms with Crippen LogP contribution in [0.2, 0.25) is 0 Å². The molecule has 0 aromatic heterocycles. The Morgan fingerprint density at radius 1 is 1.17 bits per heavy atom. The minimum Gasteiger partial charge on any atom is -0.494 e. The molecule has 0 fully saturated rings. The molecular formula is C18H19N3O6S2. The molecule has 0 unspecified atom stereocenters. The Hall–Kier alpha value is -2.92. The molecule has 11 heteroatoms. The van der Waals surface area contributed by atoms with E-state index in [1.807, 2.05) is 6.92 Å². The van der Waals surface area contributed by atoms with Crippen molar-refractivity contribution in [2.45, 2.75) is 18.2 Å². The molecule has 0 atom stereocenters. The van der Waals surface area contributed by atoms with Gasteiger partial charge in [0.25, 0.3) is 0 Å². The Kier molecular flexibility index (Phi) is 6.49. The molecule has 0 aliphatic carbocycles. The predicted molar refractivity (Wildman–Crippen MR) is 110 cm³/mol. The molecule has 0 saturated carbocycles. The topological polar surface area (TPSA) is 115 Å². The summed E-state index contributed by atoms with van der Waals surface area (Å²) in [6.07, 6.45) is 0.219. The van der Waals surface area contributed by atoms with E-state index in [4.69, 9.17) is 8.92 Å². The van der Waals surface area contributed by atoms with E-state index in [1.165, 1.54) is 31.4 Å². The van der Waals surface area contributed by atoms with Gasteiger partial charge in [0.15, 0.2) is 5.17 Å². The normalized spacial score (nSPS) is 12.8. The highest BCUT2D eigenvalue weighted by molar-refractivity contribution is 8.15. The van der Waals surface area contributed by atoms with Crippen molar-refractivity contribution in [2.75, 3.05) is 18.4 Å². The van der Waals surface area contributed by atoms with Crippen molar-refractivity contribution in [1.29, 1.82) is 0 Å². The Balaban J connectivity index is 1.73. The highest BCUT2D eigenvalue weighted by Gasteiger charge is 2.20. The molecule has 1 amide bonds. The summed E-state index contributed by atoms with van der Waals surface area (Å²) in [5.74, 6) is 0.720. The molecule has 2 aromatic rings. The molecule has 1 aliphatic rings. The van der Waals surface area contributed by atoms with Gasteiger partial charge >= 0.3 is 16.2 Å². The minimum absolute atomic E-state index is 0.0176. The Labute approximate surface area is 172 Å². The highest BCUT2D eigenvalue weighted by Crippen LogP contribution is 2.36. The summed E-state index contributed by atoms with van der Waals surface area (Å²) in [5.41, 5.74) is 1.05. The standard InChI is InChI=1S/C18H19N3O6S2/c1-3-10-26-12-4-7-14(8-5-12)29(23,24)27-13-6-9-15-16(11-13)21-28-17(19-15)20-18(22)25-2/h4-9,11,21H,3,10H2,1-2H3,(H,19,20,22). The number of hydrogen-bond donors (Lipinski definition) is 2. The van der Waals surface area contributed by atoms with Gasteiger partial charge < -0.3 is 18.4 Å². The van der Waals surface area contributed by atoms with Gasteiger partial charge in [-0.05, 0) is 42.8 Å². The first-order chi connectivity index (χ1) is 13.9. The third-order valence-corrected chi connectivity index (χ3v) is 5.60. The fourth-order valence-corrected chi connectivity index (χ4v) is 3.84. The first-order valence-corrected chi connectivity index (χ1v) is 10.8. The van der Waals surface area contributed by atoms with Crippen molar-refractivity contribution in [1.82, 2.24) is 5.32 Å². The molecule has 9 nitrogen and oxygen atoms in total. The van der Waals surface area contributed by atoms with Crippen molar-refractivity contribution < 1.29 is 26.9 Å². The van der Waals surface area contributed by atoms with Gasteiger partial charge in [-0.15, -0.1) is 0 Å². The predicted octanol–water partition coefficient (Wildman–Crippen LogP) is 3.66.